The summed E-state index contributed by atoms with van der Waals surface area (Å²) in [6, 6.07) is 8.70. The van der Waals surface area contributed by atoms with E-state index in [1.54, 1.807) is 19.1 Å². The third-order valence-electron chi connectivity index (χ3n) is 2.94. The molecule has 0 saturated carbocycles. The Balaban J connectivity index is 2.20. The minimum absolute atomic E-state index is 0.0395. The Morgan fingerprint density at radius 2 is 1.75 bits per heavy atom. The lowest BCUT2D eigenvalue weighted by Gasteiger charge is -2.14. The van der Waals surface area contributed by atoms with Gasteiger partial charge in [-0.1, -0.05) is 12.1 Å². The van der Waals surface area contributed by atoms with E-state index in [1.807, 2.05) is 13.0 Å². The van der Waals surface area contributed by atoms with Crippen LogP contribution >= 0.6 is 0 Å². The molecule has 0 aliphatic carbocycles. The van der Waals surface area contributed by atoms with Gasteiger partial charge in [-0.3, -0.25) is 0 Å². The molecule has 0 amide bonds. The van der Waals surface area contributed by atoms with Crippen LogP contribution in [0, 0.1) is 18.6 Å². The highest BCUT2D eigenvalue weighted by molar-refractivity contribution is 5.38. The summed E-state index contributed by atoms with van der Waals surface area (Å²) >= 11 is 0. The molecule has 0 unspecified atom stereocenters. The molecule has 2 rings (SSSR count). The molecule has 0 aromatic heterocycles. The van der Waals surface area contributed by atoms with E-state index in [-0.39, 0.29) is 6.61 Å². The maximum atomic E-state index is 13.1. The molecular weight excluding hydrogens is 262 g/mol. The second kappa shape index (κ2) is 6.01. The normalized spacial score (nSPS) is 12.2. The van der Waals surface area contributed by atoms with Crippen molar-refractivity contribution in [3.63, 3.8) is 0 Å². The third-order valence-corrected chi connectivity index (χ3v) is 2.94. The fourth-order valence-electron chi connectivity index (χ4n) is 1.97. The summed E-state index contributed by atoms with van der Waals surface area (Å²) < 4.78 is 31.8. The van der Waals surface area contributed by atoms with Crippen molar-refractivity contribution in [1.29, 1.82) is 0 Å². The molecule has 2 aromatic carbocycles. The van der Waals surface area contributed by atoms with Crippen molar-refractivity contribution in [3.05, 3.63) is 64.7 Å². The van der Waals surface area contributed by atoms with Crippen LogP contribution in [0.5, 0.6) is 5.75 Å². The zero-order chi connectivity index (χ0) is 14.7. The van der Waals surface area contributed by atoms with Crippen molar-refractivity contribution < 1.29 is 18.6 Å². The summed E-state index contributed by atoms with van der Waals surface area (Å²) in [5, 5.41) is 9.68. The zero-order valence-corrected chi connectivity index (χ0v) is 11.4. The molecule has 1 N–H and O–H groups in total. The second-order valence-corrected chi connectivity index (χ2v) is 4.78. The van der Waals surface area contributed by atoms with Gasteiger partial charge in [0.25, 0.3) is 0 Å². The maximum absolute atomic E-state index is 13.1. The van der Waals surface area contributed by atoms with Crippen molar-refractivity contribution in [2.75, 3.05) is 0 Å². The highest BCUT2D eigenvalue weighted by atomic mass is 19.1. The summed E-state index contributed by atoms with van der Waals surface area (Å²) in [5.74, 6) is -0.753. The number of aliphatic hydroxyl groups is 1. The smallest absolute Gasteiger partial charge is 0.126 e. The summed E-state index contributed by atoms with van der Waals surface area (Å²) in [5.41, 5.74) is 2.03. The van der Waals surface area contributed by atoms with Gasteiger partial charge >= 0.3 is 0 Å². The summed E-state index contributed by atoms with van der Waals surface area (Å²) in [6.45, 7) is 3.58. The van der Waals surface area contributed by atoms with Gasteiger partial charge in [-0.2, -0.15) is 0 Å². The van der Waals surface area contributed by atoms with Crippen LogP contribution < -0.4 is 4.74 Å². The van der Waals surface area contributed by atoms with E-state index < -0.39 is 17.7 Å². The molecule has 1 atom stereocenters. The highest BCUT2D eigenvalue weighted by Crippen LogP contribution is 2.27. The number of halogens is 2. The monoisotopic (exact) mass is 278 g/mol. The molecule has 0 saturated heterocycles. The van der Waals surface area contributed by atoms with E-state index in [1.165, 1.54) is 12.1 Å². The van der Waals surface area contributed by atoms with Crippen molar-refractivity contribution >= 4 is 0 Å². The number of benzene rings is 2. The molecule has 0 bridgehead atoms. The van der Waals surface area contributed by atoms with Gasteiger partial charge in [-0.15, -0.1) is 0 Å². The van der Waals surface area contributed by atoms with E-state index in [4.69, 9.17) is 4.74 Å². The molecule has 0 heterocycles. The van der Waals surface area contributed by atoms with Gasteiger partial charge in [0.2, 0.25) is 0 Å². The van der Waals surface area contributed by atoms with Crippen LogP contribution in [0.1, 0.15) is 29.7 Å². The maximum Gasteiger partial charge on any atom is 0.126 e. The average Bonchev–Trinajstić information content (AvgIpc) is 2.35. The van der Waals surface area contributed by atoms with Crippen molar-refractivity contribution in [2.45, 2.75) is 26.6 Å². The molecule has 0 radical (unpaired) electrons. The average molecular weight is 278 g/mol. The quantitative estimate of drug-likeness (QED) is 0.919. The summed E-state index contributed by atoms with van der Waals surface area (Å²) in [7, 11) is 0. The lowest BCUT2D eigenvalue weighted by Crippen LogP contribution is -2.02. The number of hydrogen-bond acceptors (Lipinski definition) is 2. The lowest BCUT2D eigenvalue weighted by atomic mass is 10.1. The van der Waals surface area contributed by atoms with Crippen LogP contribution in [0.3, 0.4) is 0 Å². The van der Waals surface area contributed by atoms with E-state index in [9.17, 15) is 13.9 Å². The summed E-state index contributed by atoms with van der Waals surface area (Å²) in [4.78, 5) is 0. The zero-order valence-electron chi connectivity index (χ0n) is 11.4. The number of ether oxygens (including phenoxy) is 1. The topological polar surface area (TPSA) is 29.5 Å². The van der Waals surface area contributed by atoms with E-state index in [0.717, 1.165) is 11.6 Å². The molecule has 2 aromatic rings. The van der Waals surface area contributed by atoms with Crippen molar-refractivity contribution in [2.24, 2.45) is 0 Å². The number of aryl methyl sites for hydroxylation is 1. The van der Waals surface area contributed by atoms with Gasteiger partial charge in [-0.25, -0.2) is 8.78 Å². The number of hydrogen-bond donors (Lipinski definition) is 1. The molecule has 20 heavy (non-hydrogen) atoms. The fourth-order valence-corrected chi connectivity index (χ4v) is 1.97. The van der Waals surface area contributed by atoms with Crippen LogP contribution in [0.15, 0.2) is 36.4 Å². The Labute approximate surface area is 116 Å². The van der Waals surface area contributed by atoms with Crippen LogP contribution in [-0.4, -0.2) is 5.11 Å². The summed E-state index contributed by atoms with van der Waals surface area (Å²) in [6.07, 6.45) is -0.671. The van der Waals surface area contributed by atoms with E-state index >= 15 is 0 Å². The fraction of sp³-hybridized carbons (Fsp3) is 0.250. The first-order chi connectivity index (χ1) is 9.45. The Morgan fingerprint density at radius 3 is 2.35 bits per heavy atom. The minimum atomic E-state index is -0.671. The van der Waals surface area contributed by atoms with Gasteiger partial charge in [0, 0.05) is 11.6 Å². The van der Waals surface area contributed by atoms with Crippen LogP contribution in [0.25, 0.3) is 0 Å². The van der Waals surface area contributed by atoms with Gasteiger partial charge in [0.05, 0.1) is 6.10 Å². The molecule has 4 heteroatoms. The standard InChI is InChI=1S/C16H16F2O2/c1-10-3-4-15(11(2)19)16(5-10)20-9-12-6-13(17)8-14(18)7-12/h3-8,11,19H,9H2,1-2H3/t11-/m0/s1. The third kappa shape index (κ3) is 3.54. The molecule has 2 nitrogen and oxygen atoms in total. The van der Waals surface area contributed by atoms with Gasteiger partial charge in [0.1, 0.15) is 24.0 Å². The first-order valence-corrected chi connectivity index (χ1v) is 6.32. The highest BCUT2D eigenvalue weighted by Gasteiger charge is 2.10. The Morgan fingerprint density at radius 1 is 1.10 bits per heavy atom. The van der Waals surface area contributed by atoms with Crippen molar-refractivity contribution in [1.82, 2.24) is 0 Å². The largest absolute Gasteiger partial charge is 0.489 e. The Bertz CT molecular complexity index is 589. The molecule has 0 aliphatic rings. The van der Waals surface area contributed by atoms with Gasteiger partial charge in [-0.05, 0) is 43.2 Å². The molecule has 0 aliphatic heterocycles. The van der Waals surface area contributed by atoms with Crippen molar-refractivity contribution in [3.8, 4) is 5.75 Å². The second-order valence-electron chi connectivity index (χ2n) is 4.78. The minimum Gasteiger partial charge on any atom is -0.489 e. The Hall–Kier alpha value is -1.94. The molecule has 0 spiro atoms. The SMILES string of the molecule is Cc1ccc([C@H](C)O)c(OCc2cc(F)cc(F)c2)c1. The predicted molar refractivity (Wildman–Crippen MR) is 72.5 cm³/mol. The first kappa shape index (κ1) is 14.5. The molecular formula is C16H16F2O2. The van der Waals surface area contributed by atoms with E-state index in [2.05, 4.69) is 0 Å². The number of aliphatic hydroxyl groups excluding tert-OH is 1. The van der Waals surface area contributed by atoms with Crippen LogP contribution in [0.2, 0.25) is 0 Å². The predicted octanol–water partition coefficient (Wildman–Crippen LogP) is 3.91. The molecule has 106 valence electrons. The van der Waals surface area contributed by atoms with Gasteiger partial charge < -0.3 is 9.84 Å². The van der Waals surface area contributed by atoms with Crippen LogP contribution in [-0.2, 0) is 6.61 Å². The number of rotatable bonds is 4. The van der Waals surface area contributed by atoms with E-state index in [0.29, 0.717) is 16.9 Å². The first-order valence-electron chi connectivity index (χ1n) is 6.32. The van der Waals surface area contributed by atoms with Crippen LogP contribution in [0.4, 0.5) is 8.78 Å². The van der Waals surface area contributed by atoms with Gasteiger partial charge in [0.15, 0.2) is 0 Å². The molecule has 0 fully saturated rings. The Kier molecular flexibility index (Phi) is 4.35. The lowest BCUT2D eigenvalue weighted by molar-refractivity contribution is 0.190.